The van der Waals surface area contributed by atoms with E-state index in [1.807, 2.05) is 54.6 Å². The number of carbonyl (C=O) groups excluding carboxylic acids is 3. The first kappa shape index (κ1) is 26.4. The van der Waals surface area contributed by atoms with Gasteiger partial charge in [-0.3, -0.25) is 14.4 Å². The summed E-state index contributed by atoms with van der Waals surface area (Å²) in [6, 6.07) is 20.3. The van der Waals surface area contributed by atoms with Crippen LogP contribution < -0.4 is 0 Å². The van der Waals surface area contributed by atoms with Gasteiger partial charge in [-0.1, -0.05) is 66.2 Å². The van der Waals surface area contributed by atoms with Gasteiger partial charge in [0.15, 0.2) is 0 Å². The maximum Gasteiger partial charge on any atom is 0.417 e. The lowest BCUT2D eigenvalue weighted by Gasteiger charge is -2.35. The van der Waals surface area contributed by atoms with Crippen LogP contribution in [0.15, 0.2) is 72.8 Å². The second-order valence-electron chi connectivity index (χ2n) is 8.82. The molecule has 9 heteroatoms. The van der Waals surface area contributed by atoms with Gasteiger partial charge in [-0.25, -0.2) is 0 Å². The van der Waals surface area contributed by atoms with Gasteiger partial charge in [0.1, 0.15) is 5.78 Å². The fraction of sp³-hybridized carbons (Fsp3) is 0.250. The van der Waals surface area contributed by atoms with E-state index in [0.29, 0.717) is 0 Å². The molecule has 1 heterocycles. The maximum atomic E-state index is 13.4. The molecule has 1 saturated heterocycles. The van der Waals surface area contributed by atoms with Crippen LogP contribution in [0.1, 0.15) is 27.9 Å². The molecule has 0 aromatic heterocycles. The molecule has 2 amide bonds. The highest BCUT2D eigenvalue weighted by Gasteiger charge is 2.37. The van der Waals surface area contributed by atoms with Crippen molar-refractivity contribution in [2.45, 2.75) is 19.0 Å². The molecule has 3 aromatic rings. The molecule has 1 fully saturated rings. The van der Waals surface area contributed by atoms with E-state index in [-0.39, 0.29) is 55.7 Å². The van der Waals surface area contributed by atoms with E-state index >= 15 is 0 Å². The number of ketones is 1. The van der Waals surface area contributed by atoms with Crippen LogP contribution in [0, 0.1) is 0 Å². The summed E-state index contributed by atoms with van der Waals surface area (Å²) in [6.45, 7) is 0.379. The normalized spacial score (nSPS) is 13.9. The van der Waals surface area contributed by atoms with Gasteiger partial charge in [0, 0.05) is 37.6 Å². The Morgan fingerprint density at radius 3 is 2.00 bits per heavy atom. The van der Waals surface area contributed by atoms with E-state index in [2.05, 4.69) is 0 Å². The topological polar surface area (TPSA) is 57.7 Å². The number of benzene rings is 3. The second kappa shape index (κ2) is 11.2. The Balaban J connectivity index is 1.30. The Hall–Kier alpha value is -3.65. The molecule has 0 saturated carbocycles. The first-order valence-corrected chi connectivity index (χ1v) is 12.1. The third-order valence-electron chi connectivity index (χ3n) is 6.25. The largest absolute Gasteiger partial charge is 0.417 e. The predicted octanol–water partition coefficient (Wildman–Crippen LogP) is 5.51. The molecule has 0 aliphatic carbocycles. The number of halogens is 4. The SMILES string of the molecule is O=C(CC(=O)N1CCN(C(=O)c2cc(Cl)ccc2C(F)(F)F)CC1)Cc1ccc(-c2ccccc2)cc1. The molecule has 0 atom stereocenters. The van der Waals surface area contributed by atoms with Crippen LogP contribution >= 0.6 is 11.6 Å². The summed E-state index contributed by atoms with van der Waals surface area (Å²) >= 11 is 5.83. The van der Waals surface area contributed by atoms with Crippen molar-refractivity contribution >= 4 is 29.2 Å². The highest BCUT2D eigenvalue weighted by molar-refractivity contribution is 6.31. The van der Waals surface area contributed by atoms with E-state index in [1.165, 1.54) is 9.80 Å². The highest BCUT2D eigenvalue weighted by Crippen LogP contribution is 2.34. The summed E-state index contributed by atoms with van der Waals surface area (Å²) in [4.78, 5) is 40.7. The quantitative estimate of drug-likeness (QED) is 0.396. The van der Waals surface area contributed by atoms with Crippen molar-refractivity contribution in [2.24, 2.45) is 0 Å². The minimum absolute atomic E-state index is 0.0263. The summed E-state index contributed by atoms with van der Waals surface area (Å²) in [7, 11) is 0. The van der Waals surface area contributed by atoms with Gasteiger partial charge in [0.2, 0.25) is 5.91 Å². The van der Waals surface area contributed by atoms with Gasteiger partial charge in [-0.15, -0.1) is 0 Å². The Morgan fingerprint density at radius 1 is 0.784 bits per heavy atom. The molecule has 0 radical (unpaired) electrons. The van der Waals surface area contributed by atoms with Crippen LogP contribution in [0.25, 0.3) is 11.1 Å². The number of piperazine rings is 1. The van der Waals surface area contributed by atoms with Gasteiger partial charge in [-0.2, -0.15) is 13.2 Å². The molecule has 1 aliphatic rings. The zero-order chi connectivity index (χ0) is 26.6. The lowest BCUT2D eigenvalue weighted by Crippen LogP contribution is -2.51. The van der Waals surface area contributed by atoms with Crippen molar-refractivity contribution < 1.29 is 27.6 Å². The van der Waals surface area contributed by atoms with Crippen LogP contribution in [0.2, 0.25) is 5.02 Å². The molecule has 0 N–H and O–H groups in total. The molecule has 5 nitrogen and oxygen atoms in total. The Morgan fingerprint density at radius 2 is 1.38 bits per heavy atom. The van der Waals surface area contributed by atoms with Crippen molar-refractivity contribution in [1.82, 2.24) is 9.80 Å². The average molecular weight is 529 g/mol. The van der Waals surface area contributed by atoms with Crippen LogP contribution in [0.5, 0.6) is 0 Å². The third-order valence-corrected chi connectivity index (χ3v) is 6.48. The van der Waals surface area contributed by atoms with Crippen molar-refractivity contribution in [3.8, 4) is 11.1 Å². The van der Waals surface area contributed by atoms with Crippen LogP contribution in [0.3, 0.4) is 0 Å². The Bertz CT molecular complexity index is 1290. The smallest absolute Gasteiger partial charge is 0.339 e. The van der Waals surface area contributed by atoms with E-state index in [0.717, 1.165) is 34.9 Å². The summed E-state index contributed by atoms with van der Waals surface area (Å²) < 4.78 is 40.1. The zero-order valence-corrected chi connectivity index (χ0v) is 20.6. The van der Waals surface area contributed by atoms with Crippen molar-refractivity contribution in [3.05, 3.63) is 94.5 Å². The molecule has 0 bridgehead atoms. The Labute approximate surface area is 217 Å². The lowest BCUT2D eigenvalue weighted by atomic mass is 10.0. The number of rotatable bonds is 6. The number of carbonyl (C=O) groups is 3. The second-order valence-corrected chi connectivity index (χ2v) is 9.25. The molecule has 4 rings (SSSR count). The summed E-state index contributed by atoms with van der Waals surface area (Å²) in [5.74, 6) is -1.39. The number of hydrogen-bond donors (Lipinski definition) is 0. The van der Waals surface area contributed by atoms with Gasteiger partial charge < -0.3 is 9.80 Å². The number of nitrogens with zero attached hydrogens (tertiary/aromatic N) is 2. The average Bonchev–Trinajstić information content (AvgIpc) is 2.88. The number of amides is 2. The van der Waals surface area contributed by atoms with Crippen molar-refractivity contribution in [2.75, 3.05) is 26.2 Å². The number of Topliss-reactive ketones (excluding diaryl/α,β-unsaturated/α-hetero) is 1. The number of alkyl halides is 3. The third kappa shape index (κ3) is 6.57. The Kier molecular flexibility index (Phi) is 7.97. The van der Waals surface area contributed by atoms with Crippen LogP contribution in [-0.4, -0.2) is 53.6 Å². The minimum atomic E-state index is -4.70. The monoisotopic (exact) mass is 528 g/mol. The van der Waals surface area contributed by atoms with Gasteiger partial charge in [-0.05, 0) is 34.9 Å². The highest BCUT2D eigenvalue weighted by atomic mass is 35.5. The lowest BCUT2D eigenvalue weighted by molar-refractivity contribution is -0.138. The molecule has 1 aliphatic heterocycles. The van der Waals surface area contributed by atoms with Crippen LogP contribution in [0.4, 0.5) is 13.2 Å². The zero-order valence-electron chi connectivity index (χ0n) is 19.8. The molecular weight excluding hydrogens is 505 g/mol. The van der Waals surface area contributed by atoms with E-state index < -0.39 is 23.2 Å². The molecule has 0 unspecified atom stereocenters. The molecule has 37 heavy (non-hydrogen) atoms. The molecular formula is C28H24ClF3N2O3. The summed E-state index contributed by atoms with van der Waals surface area (Å²) in [5.41, 5.74) is 1.32. The minimum Gasteiger partial charge on any atom is -0.339 e. The van der Waals surface area contributed by atoms with Gasteiger partial charge in [0.25, 0.3) is 5.91 Å². The van der Waals surface area contributed by atoms with Crippen LogP contribution in [-0.2, 0) is 22.2 Å². The maximum absolute atomic E-state index is 13.4. The molecule has 3 aromatic carbocycles. The first-order valence-electron chi connectivity index (χ1n) is 11.7. The van der Waals surface area contributed by atoms with E-state index in [4.69, 9.17) is 11.6 Å². The molecule has 192 valence electrons. The standard InChI is InChI=1S/C28H24ClF3N2O3/c29-22-10-11-25(28(30,31)32)24(17-22)27(37)34-14-12-33(13-15-34)26(36)18-23(35)16-19-6-8-21(9-7-19)20-4-2-1-3-5-20/h1-11,17H,12-16,18H2. The summed E-state index contributed by atoms with van der Waals surface area (Å²) in [6.07, 6.45) is -4.86. The van der Waals surface area contributed by atoms with E-state index in [9.17, 15) is 27.6 Å². The predicted molar refractivity (Wildman–Crippen MR) is 134 cm³/mol. The van der Waals surface area contributed by atoms with Crippen molar-refractivity contribution in [3.63, 3.8) is 0 Å². The fourth-order valence-corrected chi connectivity index (χ4v) is 4.46. The van der Waals surface area contributed by atoms with Gasteiger partial charge >= 0.3 is 6.18 Å². The van der Waals surface area contributed by atoms with Crippen molar-refractivity contribution in [1.29, 1.82) is 0 Å². The number of hydrogen-bond acceptors (Lipinski definition) is 3. The fourth-order valence-electron chi connectivity index (χ4n) is 4.29. The first-order chi connectivity index (χ1) is 17.6. The van der Waals surface area contributed by atoms with E-state index in [1.54, 1.807) is 0 Å². The summed E-state index contributed by atoms with van der Waals surface area (Å²) in [5, 5.41) is 0.0263. The molecule has 0 spiro atoms. The van der Waals surface area contributed by atoms with Gasteiger partial charge in [0.05, 0.1) is 17.5 Å².